The SMILES string of the molecule is OCC1CC2CC1(CO)C2. The van der Waals surface area contributed by atoms with Gasteiger partial charge in [0, 0.05) is 13.2 Å². The molecule has 2 heteroatoms. The molecule has 0 spiro atoms. The van der Waals surface area contributed by atoms with Crippen LogP contribution >= 0.6 is 0 Å². The van der Waals surface area contributed by atoms with Gasteiger partial charge in [0.1, 0.15) is 0 Å². The summed E-state index contributed by atoms with van der Waals surface area (Å²) in [7, 11) is 0. The fourth-order valence-electron chi connectivity index (χ4n) is 2.77. The van der Waals surface area contributed by atoms with E-state index in [1.807, 2.05) is 0 Å². The maximum atomic E-state index is 9.05. The molecular formula is C8H14O2. The van der Waals surface area contributed by atoms with Gasteiger partial charge >= 0.3 is 0 Å². The zero-order valence-electron chi connectivity index (χ0n) is 6.08. The molecule has 1 atom stereocenters. The largest absolute Gasteiger partial charge is 0.396 e. The molecule has 3 saturated carbocycles. The van der Waals surface area contributed by atoms with Crippen LogP contribution in [0.5, 0.6) is 0 Å². The molecule has 58 valence electrons. The average Bonchev–Trinajstić information content (AvgIpc) is 2.37. The zero-order valence-corrected chi connectivity index (χ0v) is 6.08. The Hall–Kier alpha value is -0.0800. The first kappa shape index (κ1) is 6.62. The molecule has 0 heterocycles. The van der Waals surface area contributed by atoms with E-state index < -0.39 is 0 Å². The predicted octanol–water partition coefficient (Wildman–Crippen LogP) is 0.387. The number of aliphatic hydroxyl groups excluding tert-OH is 2. The molecule has 0 aromatic rings. The van der Waals surface area contributed by atoms with E-state index >= 15 is 0 Å². The predicted molar refractivity (Wildman–Crippen MR) is 37.4 cm³/mol. The molecule has 1 unspecified atom stereocenters. The van der Waals surface area contributed by atoms with Crippen molar-refractivity contribution < 1.29 is 10.2 Å². The average molecular weight is 142 g/mol. The molecule has 3 aliphatic rings. The summed E-state index contributed by atoms with van der Waals surface area (Å²) < 4.78 is 0. The van der Waals surface area contributed by atoms with Crippen molar-refractivity contribution in [3.8, 4) is 0 Å². The van der Waals surface area contributed by atoms with E-state index in [2.05, 4.69) is 0 Å². The number of aliphatic hydroxyl groups is 2. The van der Waals surface area contributed by atoms with Crippen LogP contribution < -0.4 is 0 Å². The molecule has 10 heavy (non-hydrogen) atoms. The second-order valence-electron chi connectivity index (χ2n) is 3.91. The summed E-state index contributed by atoms with van der Waals surface area (Å²) in [5.74, 6) is 1.23. The first-order valence-electron chi connectivity index (χ1n) is 4.02. The first-order valence-corrected chi connectivity index (χ1v) is 4.02. The van der Waals surface area contributed by atoms with E-state index in [1.165, 1.54) is 0 Å². The van der Waals surface area contributed by atoms with Crippen LogP contribution in [-0.2, 0) is 0 Å². The van der Waals surface area contributed by atoms with Crippen LogP contribution in [0.3, 0.4) is 0 Å². The fraction of sp³-hybridized carbons (Fsp3) is 1.00. The molecule has 0 aromatic carbocycles. The van der Waals surface area contributed by atoms with Crippen LogP contribution in [0, 0.1) is 17.3 Å². The van der Waals surface area contributed by atoms with E-state index in [0.717, 1.165) is 25.2 Å². The standard InChI is InChI=1S/C8H14O2/c9-4-7-1-6-2-8(7,3-6)5-10/h6-7,9-10H,1-5H2. The van der Waals surface area contributed by atoms with Crippen molar-refractivity contribution in [3.05, 3.63) is 0 Å². The van der Waals surface area contributed by atoms with E-state index in [4.69, 9.17) is 10.2 Å². The summed E-state index contributed by atoms with van der Waals surface area (Å²) in [6.07, 6.45) is 3.47. The molecule has 3 aliphatic carbocycles. The lowest BCUT2D eigenvalue weighted by atomic mass is 9.67. The van der Waals surface area contributed by atoms with Crippen molar-refractivity contribution in [1.82, 2.24) is 0 Å². The van der Waals surface area contributed by atoms with Crippen molar-refractivity contribution in [2.45, 2.75) is 19.3 Å². The molecule has 3 fully saturated rings. The lowest BCUT2D eigenvalue weighted by Crippen LogP contribution is -2.36. The summed E-state index contributed by atoms with van der Waals surface area (Å²) >= 11 is 0. The van der Waals surface area contributed by atoms with Gasteiger partial charge in [-0.05, 0) is 36.5 Å². The maximum Gasteiger partial charge on any atom is 0.0491 e. The Morgan fingerprint density at radius 2 is 2.00 bits per heavy atom. The van der Waals surface area contributed by atoms with Crippen molar-refractivity contribution in [1.29, 1.82) is 0 Å². The van der Waals surface area contributed by atoms with Crippen LogP contribution in [0.2, 0.25) is 0 Å². The Morgan fingerprint density at radius 1 is 1.30 bits per heavy atom. The molecular weight excluding hydrogens is 128 g/mol. The highest BCUT2D eigenvalue weighted by Crippen LogP contribution is 2.61. The smallest absolute Gasteiger partial charge is 0.0491 e. The molecule has 0 saturated heterocycles. The van der Waals surface area contributed by atoms with Crippen molar-refractivity contribution >= 4 is 0 Å². The van der Waals surface area contributed by atoms with Crippen LogP contribution in [0.15, 0.2) is 0 Å². The summed E-state index contributed by atoms with van der Waals surface area (Å²) in [6, 6.07) is 0. The Kier molecular flexibility index (Phi) is 1.29. The van der Waals surface area contributed by atoms with Gasteiger partial charge in [-0.25, -0.2) is 0 Å². The van der Waals surface area contributed by atoms with E-state index in [1.54, 1.807) is 0 Å². The van der Waals surface area contributed by atoms with E-state index in [-0.39, 0.29) is 18.6 Å². The molecule has 0 aromatic heterocycles. The van der Waals surface area contributed by atoms with Crippen LogP contribution in [-0.4, -0.2) is 23.4 Å². The minimum absolute atomic E-state index is 0.152. The number of hydrogen-bond acceptors (Lipinski definition) is 2. The summed E-state index contributed by atoms with van der Waals surface area (Å²) in [5, 5.41) is 18.0. The Morgan fingerprint density at radius 3 is 2.40 bits per heavy atom. The lowest BCUT2D eigenvalue weighted by Gasteiger charge is -2.39. The van der Waals surface area contributed by atoms with Gasteiger partial charge in [-0.15, -0.1) is 0 Å². The van der Waals surface area contributed by atoms with Crippen molar-refractivity contribution in [2.75, 3.05) is 13.2 Å². The third kappa shape index (κ3) is 0.611. The highest BCUT2D eigenvalue weighted by molar-refractivity contribution is 5.05. The third-order valence-electron chi connectivity index (χ3n) is 3.41. The lowest BCUT2D eigenvalue weighted by molar-refractivity contribution is 0.00895. The van der Waals surface area contributed by atoms with Gasteiger partial charge in [-0.2, -0.15) is 0 Å². The summed E-state index contributed by atoms with van der Waals surface area (Å²) in [5.41, 5.74) is 0.152. The Bertz CT molecular complexity index is 135. The van der Waals surface area contributed by atoms with Gasteiger partial charge < -0.3 is 10.2 Å². The van der Waals surface area contributed by atoms with Gasteiger partial charge in [0.05, 0.1) is 0 Å². The molecule has 0 aliphatic heterocycles. The van der Waals surface area contributed by atoms with Gasteiger partial charge in [0.2, 0.25) is 0 Å². The number of hydrogen-bond donors (Lipinski definition) is 2. The molecule has 0 radical (unpaired) electrons. The van der Waals surface area contributed by atoms with E-state index in [9.17, 15) is 0 Å². The van der Waals surface area contributed by atoms with Gasteiger partial charge in [-0.1, -0.05) is 0 Å². The normalized spacial score (nSPS) is 51.0. The summed E-state index contributed by atoms with van der Waals surface area (Å²) in [6.45, 7) is 0.561. The molecule has 2 N–H and O–H groups in total. The summed E-state index contributed by atoms with van der Waals surface area (Å²) in [4.78, 5) is 0. The highest BCUT2D eigenvalue weighted by Gasteiger charge is 2.56. The van der Waals surface area contributed by atoms with Crippen molar-refractivity contribution in [2.24, 2.45) is 17.3 Å². The van der Waals surface area contributed by atoms with Crippen LogP contribution in [0.25, 0.3) is 0 Å². The Labute approximate surface area is 60.9 Å². The van der Waals surface area contributed by atoms with E-state index in [0.29, 0.717) is 5.92 Å². The molecule has 3 rings (SSSR count). The maximum absolute atomic E-state index is 9.05. The Balaban J connectivity index is 2.10. The zero-order chi connectivity index (χ0) is 7.19. The minimum atomic E-state index is 0.152. The molecule has 2 bridgehead atoms. The topological polar surface area (TPSA) is 40.5 Å². The van der Waals surface area contributed by atoms with Gasteiger partial charge in [-0.3, -0.25) is 0 Å². The first-order chi connectivity index (χ1) is 4.80. The fourth-order valence-corrected chi connectivity index (χ4v) is 2.77. The van der Waals surface area contributed by atoms with Crippen LogP contribution in [0.4, 0.5) is 0 Å². The van der Waals surface area contributed by atoms with Crippen LogP contribution in [0.1, 0.15) is 19.3 Å². The van der Waals surface area contributed by atoms with Crippen molar-refractivity contribution in [3.63, 3.8) is 0 Å². The second-order valence-corrected chi connectivity index (χ2v) is 3.91. The monoisotopic (exact) mass is 142 g/mol. The quantitative estimate of drug-likeness (QED) is 0.585. The van der Waals surface area contributed by atoms with Gasteiger partial charge in [0.15, 0.2) is 0 Å². The minimum Gasteiger partial charge on any atom is -0.396 e. The number of fused-ring (bicyclic) bond motifs is 1. The third-order valence-corrected chi connectivity index (χ3v) is 3.41. The molecule has 2 nitrogen and oxygen atoms in total. The number of rotatable bonds is 2. The van der Waals surface area contributed by atoms with Gasteiger partial charge in [0.25, 0.3) is 0 Å². The highest BCUT2D eigenvalue weighted by atomic mass is 16.3. The second kappa shape index (κ2) is 1.95. The molecule has 0 amide bonds.